The standard InChI is InChI=1S/C24H24ClFN2O4S/c1-16-11-14-20(26)22(24(29)28(25)33(3,30)31)21(16)19-10-7-15-27-23(19)32-17(2)12-13-18-8-5-4-6-9-18/h4-11,14-15,17H,12-13H2,1-3H3/t17-/m0/s1. The van der Waals surface area contributed by atoms with Crippen LogP contribution in [0.4, 0.5) is 4.39 Å². The number of benzene rings is 2. The van der Waals surface area contributed by atoms with Gasteiger partial charge in [-0.25, -0.2) is 17.8 Å². The zero-order chi connectivity index (χ0) is 24.2. The normalized spacial score (nSPS) is 12.3. The minimum atomic E-state index is -4.11. The van der Waals surface area contributed by atoms with E-state index in [4.69, 9.17) is 16.5 Å². The Bertz CT molecular complexity index is 1250. The summed E-state index contributed by atoms with van der Waals surface area (Å²) in [5, 5.41) is 0. The molecule has 0 N–H and O–H groups in total. The average molecular weight is 491 g/mol. The van der Waals surface area contributed by atoms with Gasteiger partial charge in [0, 0.05) is 29.1 Å². The van der Waals surface area contributed by atoms with Gasteiger partial charge in [0.15, 0.2) is 0 Å². The first-order chi connectivity index (χ1) is 15.6. The molecular formula is C24H24ClFN2O4S. The molecule has 6 nitrogen and oxygen atoms in total. The van der Waals surface area contributed by atoms with Crippen LogP contribution in [0.15, 0.2) is 60.8 Å². The fourth-order valence-corrected chi connectivity index (χ4v) is 3.89. The van der Waals surface area contributed by atoms with Gasteiger partial charge < -0.3 is 4.74 Å². The van der Waals surface area contributed by atoms with Crippen LogP contribution in [0.3, 0.4) is 0 Å². The Kier molecular flexibility index (Phi) is 7.71. The van der Waals surface area contributed by atoms with E-state index in [0.717, 1.165) is 18.7 Å². The third-order valence-electron chi connectivity index (χ3n) is 5.06. The van der Waals surface area contributed by atoms with Gasteiger partial charge in [-0.2, -0.15) is 0 Å². The molecule has 0 spiro atoms. The molecule has 0 aliphatic rings. The molecule has 0 unspecified atom stereocenters. The number of carbonyl (C=O) groups is 1. The van der Waals surface area contributed by atoms with E-state index in [2.05, 4.69) is 4.98 Å². The predicted molar refractivity (Wildman–Crippen MR) is 126 cm³/mol. The van der Waals surface area contributed by atoms with Crippen molar-refractivity contribution in [2.75, 3.05) is 6.26 Å². The Balaban J connectivity index is 1.98. The molecule has 0 saturated heterocycles. The summed E-state index contributed by atoms with van der Waals surface area (Å²) in [6.07, 6.45) is 3.56. The van der Waals surface area contributed by atoms with E-state index in [9.17, 15) is 17.6 Å². The smallest absolute Gasteiger partial charge is 0.286 e. The number of hydrogen-bond donors (Lipinski definition) is 0. The highest BCUT2D eigenvalue weighted by Crippen LogP contribution is 2.36. The number of hydrogen-bond acceptors (Lipinski definition) is 5. The summed E-state index contributed by atoms with van der Waals surface area (Å²) in [5.41, 5.74) is 1.78. The zero-order valence-electron chi connectivity index (χ0n) is 18.5. The minimum absolute atomic E-state index is 0.00768. The van der Waals surface area contributed by atoms with E-state index in [1.54, 1.807) is 19.1 Å². The summed E-state index contributed by atoms with van der Waals surface area (Å²) in [6.45, 7) is 3.58. The largest absolute Gasteiger partial charge is 0.474 e. The molecule has 0 bridgehead atoms. The molecule has 0 saturated carbocycles. The second-order valence-electron chi connectivity index (χ2n) is 7.71. The van der Waals surface area contributed by atoms with E-state index in [0.29, 0.717) is 17.5 Å². The number of carbonyl (C=O) groups excluding carboxylic acids is 1. The second kappa shape index (κ2) is 10.3. The lowest BCUT2D eigenvalue weighted by Gasteiger charge is -2.20. The van der Waals surface area contributed by atoms with E-state index >= 15 is 0 Å². The van der Waals surface area contributed by atoms with Crippen molar-refractivity contribution < 1.29 is 22.3 Å². The van der Waals surface area contributed by atoms with Gasteiger partial charge in [-0.05, 0) is 56.0 Å². The van der Waals surface area contributed by atoms with Crippen LogP contribution in [0.2, 0.25) is 0 Å². The quantitative estimate of drug-likeness (QED) is 0.408. The molecule has 33 heavy (non-hydrogen) atoms. The maximum atomic E-state index is 14.9. The zero-order valence-corrected chi connectivity index (χ0v) is 20.0. The molecule has 174 valence electrons. The van der Waals surface area contributed by atoms with Crippen molar-refractivity contribution in [2.45, 2.75) is 32.8 Å². The second-order valence-corrected chi connectivity index (χ2v) is 10.1. The average Bonchev–Trinajstić information content (AvgIpc) is 2.78. The minimum Gasteiger partial charge on any atom is -0.474 e. The summed E-state index contributed by atoms with van der Waals surface area (Å²) in [7, 11) is -4.11. The highest BCUT2D eigenvalue weighted by atomic mass is 35.5. The Labute approximate surface area is 198 Å². The van der Waals surface area contributed by atoms with Crippen LogP contribution in [0.5, 0.6) is 5.88 Å². The van der Waals surface area contributed by atoms with Crippen molar-refractivity contribution >= 4 is 27.7 Å². The van der Waals surface area contributed by atoms with Gasteiger partial charge in [0.1, 0.15) is 5.82 Å². The molecule has 0 radical (unpaired) electrons. The molecule has 0 aliphatic heterocycles. The molecule has 1 heterocycles. The van der Waals surface area contributed by atoms with Crippen LogP contribution in [0.1, 0.15) is 34.8 Å². The van der Waals surface area contributed by atoms with Crippen molar-refractivity contribution in [1.29, 1.82) is 0 Å². The van der Waals surface area contributed by atoms with Crippen LogP contribution in [-0.4, -0.2) is 35.5 Å². The molecule has 1 atom stereocenters. The molecule has 3 aromatic rings. The van der Waals surface area contributed by atoms with Crippen LogP contribution >= 0.6 is 11.8 Å². The number of nitrogens with zero attached hydrogens (tertiary/aromatic N) is 2. The van der Waals surface area contributed by atoms with Crippen molar-refractivity contribution in [1.82, 2.24) is 8.81 Å². The molecule has 3 rings (SSSR count). The molecule has 0 aliphatic carbocycles. The number of aryl methyl sites for hydroxylation is 2. The van der Waals surface area contributed by atoms with E-state index in [-0.39, 0.29) is 21.4 Å². The molecule has 0 fully saturated rings. The van der Waals surface area contributed by atoms with E-state index in [1.165, 1.54) is 17.8 Å². The Hall–Kier alpha value is -2.97. The Morgan fingerprint density at radius 1 is 1.15 bits per heavy atom. The first kappa shape index (κ1) is 24.7. The lowest BCUT2D eigenvalue weighted by Crippen LogP contribution is -2.29. The highest BCUT2D eigenvalue weighted by Gasteiger charge is 2.30. The van der Waals surface area contributed by atoms with Crippen LogP contribution in [0.25, 0.3) is 11.1 Å². The number of pyridine rings is 1. The molecule has 1 amide bonds. The number of halogens is 2. The number of ether oxygens (including phenoxy) is 1. The maximum Gasteiger partial charge on any atom is 0.286 e. The van der Waals surface area contributed by atoms with Crippen LogP contribution in [-0.2, 0) is 16.4 Å². The van der Waals surface area contributed by atoms with E-state index in [1.807, 2.05) is 37.3 Å². The number of sulfonamides is 1. The summed E-state index contributed by atoms with van der Waals surface area (Å²) < 4.78 is 44.5. The van der Waals surface area contributed by atoms with Crippen LogP contribution < -0.4 is 4.74 Å². The van der Waals surface area contributed by atoms with Gasteiger partial charge in [-0.15, -0.1) is 3.82 Å². The fraction of sp³-hybridized carbons (Fsp3) is 0.250. The number of aromatic nitrogens is 1. The molecule has 1 aromatic heterocycles. The third-order valence-corrected chi connectivity index (χ3v) is 6.72. The van der Waals surface area contributed by atoms with Gasteiger partial charge in [0.25, 0.3) is 5.91 Å². The summed E-state index contributed by atoms with van der Waals surface area (Å²) in [5.74, 6) is -1.88. The molecule has 2 aromatic carbocycles. The first-order valence-corrected chi connectivity index (χ1v) is 12.4. The lowest BCUT2D eigenvalue weighted by molar-refractivity contribution is 0.0920. The Morgan fingerprint density at radius 2 is 1.85 bits per heavy atom. The van der Waals surface area contributed by atoms with Gasteiger partial charge in [0.05, 0.1) is 17.9 Å². The maximum absolute atomic E-state index is 14.9. The fourth-order valence-electron chi connectivity index (χ4n) is 3.42. The topological polar surface area (TPSA) is 76.6 Å². The molecular weight excluding hydrogens is 467 g/mol. The van der Waals surface area contributed by atoms with Crippen molar-refractivity contribution in [3.63, 3.8) is 0 Å². The van der Waals surface area contributed by atoms with Crippen LogP contribution in [0, 0.1) is 12.7 Å². The predicted octanol–water partition coefficient (Wildman–Crippen LogP) is 5.15. The number of rotatable bonds is 8. The van der Waals surface area contributed by atoms with Gasteiger partial charge >= 0.3 is 0 Å². The number of amides is 1. The van der Waals surface area contributed by atoms with Gasteiger partial charge in [-0.3, -0.25) is 4.79 Å². The Morgan fingerprint density at radius 3 is 2.52 bits per heavy atom. The summed E-state index contributed by atoms with van der Waals surface area (Å²) >= 11 is 5.73. The lowest BCUT2D eigenvalue weighted by atomic mass is 9.94. The highest BCUT2D eigenvalue weighted by molar-refractivity contribution is 7.89. The third kappa shape index (κ3) is 5.89. The van der Waals surface area contributed by atoms with Gasteiger partial charge in [-0.1, -0.05) is 36.4 Å². The van der Waals surface area contributed by atoms with Gasteiger partial charge in [0.2, 0.25) is 15.9 Å². The summed E-state index contributed by atoms with van der Waals surface area (Å²) in [6, 6.07) is 15.8. The van der Waals surface area contributed by atoms with E-state index < -0.39 is 27.3 Å². The van der Waals surface area contributed by atoms with Crippen molar-refractivity contribution in [2.24, 2.45) is 0 Å². The molecule has 9 heteroatoms. The monoisotopic (exact) mass is 490 g/mol. The first-order valence-electron chi connectivity index (χ1n) is 10.2. The van der Waals surface area contributed by atoms with Crippen molar-refractivity contribution in [3.8, 4) is 17.0 Å². The SMILES string of the molecule is Cc1ccc(F)c(C(=O)N(Cl)S(C)(=O)=O)c1-c1cccnc1O[C@@H](C)CCc1ccccc1. The summed E-state index contributed by atoms with van der Waals surface area (Å²) in [4.78, 5) is 17.2. The van der Waals surface area contributed by atoms with Crippen molar-refractivity contribution in [3.05, 3.63) is 83.3 Å².